The van der Waals surface area contributed by atoms with Crippen molar-refractivity contribution in [3.8, 4) is 5.75 Å². The highest BCUT2D eigenvalue weighted by atomic mass is 16.5. The summed E-state index contributed by atoms with van der Waals surface area (Å²) in [6.45, 7) is 2.10. The van der Waals surface area contributed by atoms with Gasteiger partial charge in [0.15, 0.2) is 0 Å². The van der Waals surface area contributed by atoms with Crippen molar-refractivity contribution in [1.82, 2.24) is 0 Å². The fraction of sp³-hybridized carbons (Fsp3) is 0.538. The van der Waals surface area contributed by atoms with Crippen molar-refractivity contribution in [3.05, 3.63) is 29.8 Å². The molecule has 0 aliphatic carbocycles. The number of aromatic hydroxyl groups is 1. The van der Waals surface area contributed by atoms with E-state index in [0.29, 0.717) is 12.4 Å². The number of methoxy groups -OCH3 is 1. The monoisotopic (exact) mass is 222 g/mol. The predicted molar refractivity (Wildman–Crippen MR) is 61.7 cm³/mol. The van der Waals surface area contributed by atoms with E-state index in [1.807, 2.05) is 18.2 Å². The molecule has 0 unspecified atom stereocenters. The summed E-state index contributed by atoms with van der Waals surface area (Å²) in [5, 5.41) is 9.96. The van der Waals surface area contributed by atoms with E-state index in [0.717, 1.165) is 31.6 Å². The molecule has 3 heteroatoms. The molecule has 0 amide bonds. The molecule has 1 heterocycles. The summed E-state index contributed by atoms with van der Waals surface area (Å²) in [5.41, 5.74) is 0.901. The smallest absolute Gasteiger partial charge is 0.119 e. The molecule has 1 N–H and O–H groups in total. The average molecular weight is 222 g/mol. The lowest BCUT2D eigenvalue weighted by atomic mass is 9.74. The predicted octanol–water partition coefficient (Wildman–Crippen LogP) is 2.09. The van der Waals surface area contributed by atoms with Gasteiger partial charge in [-0.25, -0.2) is 0 Å². The summed E-state index contributed by atoms with van der Waals surface area (Å²) >= 11 is 0. The van der Waals surface area contributed by atoms with E-state index in [1.54, 1.807) is 13.2 Å². The number of para-hydroxylation sites is 1. The molecule has 1 saturated heterocycles. The van der Waals surface area contributed by atoms with Gasteiger partial charge in [-0.05, 0) is 18.9 Å². The lowest BCUT2D eigenvalue weighted by molar-refractivity contribution is 0.0128. The van der Waals surface area contributed by atoms with Gasteiger partial charge in [0.05, 0.1) is 6.61 Å². The van der Waals surface area contributed by atoms with Crippen molar-refractivity contribution in [2.75, 3.05) is 26.9 Å². The Morgan fingerprint density at radius 2 is 2.00 bits per heavy atom. The number of hydrogen-bond donors (Lipinski definition) is 1. The number of phenols is 1. The van der Waals surface area contributed by atoms with E-state index in [9.17, 15) is 5.11 Å². The largest absolute Gasteiger partial charge is 0.508 e. The van der Waals surface area contributed by atoms with Crippen LogP contribution in [-0.2, 0) is 14.9 Å². The molecule has 3 nitrogen and oxygen atoms in total. The third-order valence-electron chi connectivity index (χ3n) is 3.35. The molecule has 0 spiro atoms. The van der Waals surface area contributed by atoms with Crippen LogP contribution in [0.3, 0.4) is 0 Å². The minimum atomic E-state index is -0.0850. The maximum Gasteiger partial charge on any atom is 0.119 e. The lowest BCUT2D eigenvalue weighted by Gasteiger charge is -2.37. The first-order valence-corrected chi connectivity index (χ1v) is 5.64. The van der Waals surface area contributed by atoms with Crippen LogP contribution < -0.4 is 0 Å². The molecule has 0 radical (unpaired) electrons. The van der Waals surface area contributed by atoms with E-state index >= 15 is 0 Å². The summed E-state index contributed by atoms with van der Waals surface area (Å²) in [7, 11) is 1.71. The van der Waals surface area contributed by atoms with Crippen molar-refractivity contribution >= 4 is 0 Å². The topological polar surface area (TPSA) is 38.7 Å². The van der Waals surface area contributed by atoms with Crippen LogP contribution in [0.4, 0.5) is 0 Å². The van der Waals surface area contributed by atoms with Crippen molar-refractivity contribution < 1.29 is 14.6 Å². The zero-order valence-corrected chi connectivity index (χ0v) is 9.61. The SMILES string of the molecule is COCC1(c2ccccc2O)CCOCC1. The van der Waals surface area contributed by atoms with Gasteiger partial charge in [-0.15, -0.1) is 0 Å². The molecule has 16 heavy (non-hydrogen) atoms. The van der Waals surface area contributed by atoms with E-state index in [2.05, 4.69) is 0 Å². The van der Waals surface area contributed by atoms with Gasteiger partial charge in [0.2, 0.25) is 0 Å². The summed E-state index contributed by atoms with van der Waals surface area (Å²) in [6.07, 6.45) is 1.80. The highest BCUT2D eigenvalue weighted by molar-refractivity contribution is 5.39. The Morgan fingerprint density at radius 1 is 1.31 bits per heavy atom. The van der Waals surface area contributed by atoms with Gasteiger partial charge in [-0.3, -0.25) is 0 Å². The number of ether oxygens (including phenoxy) is 2. The molecule has 0 atom stereocenters. The second-order valence-electron chi connectivity index (χ2n) is 4.34. The Labute approximate surface area is 96.0 Å². The zero-order chi connectivity index (χ0) is 11.4. The third-order valence-corrected chi connectivity index (χ3v) is 3.35. The molecule has 0 bridgehead atoms. The molecule has 1 fully saturated rings. The lowest BCUT2D eigenvalue weighted by Crippen LogP contribution is -2.38. The highest BCUT2D eigenvalue weighted by Gasteiger charge is 2.36. The van der Waals surface area contributed by atoms with E-state index in [4.69, 9.17) is 9.47 Å². The van der Waals surface area contributed by atoms with Crippen LogP contribution in [0.15, 0.2) is 24.3 Å². The molecule has 2 rings (SSSR count). The Kier molecular flexibility index (Phi) is 3.46. The molecule has 0 aromatic heterocycles. The molecular formula is C13H18O3. The van der Waals surface area contributed by atoms with Crippen molar-refractivity contribution in [3.63, 3.8) is 0 Å². The second kappa shape index (κ2) is 4.85. The van der Waals surface area contributed by atoms with Crippen LogP contribution in [0.5, 0.6) is 5.75 Å². The molecule has 1 aromatic carbocycles. The van der Waals surface area contributed by atoms with Crippen LogP contribution in [0.2, 0.25) is 0 Å². The molecule has 0 saturated carbocycles. The quantitative estimate of drug-likeness (QED) is 0.851. The average Bonchev–Trinajstić information content (AvgIpc) is 2.31. The van der Waals surface area contributed by atoms with Crippen LogP contribution in [0.1, 0.15) is 18.4 Å². The van der Waals surface area contributed by atoms with Crippen LogP contribution >= 0.6 is 0 Å². The Hall–Kier alpha value is -1.06. The van der Waals surface area contributed by atoms with Crippen molar-refractivity contribution in [1.29, 1.82) is 0 Å². The summed E-state index contributed by atoms with van der Waals surface area (Å²) in [5.74, 6) is 0.362. The molecule has 1 aliphatic rings. The highest BCUT2D eigenvalue weighted by Crippen LogP contribution is 2.39. The first-order chi connectivity index (χ1) is 7.78. The minimum absolute atomic E-state index is 0.0850. The number of phenolic OH excluding ortho intramolecular Hbond substituents is 1. The normalized spacial score (nSPS) is 19.6. The Morgan fingerprint density at radius 3 is 2.62 bits per heavy atom. The fourth-order valence-corrected chi connectivity index (χ4v) is 2.45. The maximum atomic E-state index is 9.96. The van der Waals surface area contributed by atoms with Gasteiger partial charge in [0.1, 0.15) is 5.75 Å². The van der Waals surface area contributed by atoms with Gasteiger partial charge in [0, 0.05) is 31.3 Å². The second-order valence-corrected chi connectivity index (χ2v) is 4.34. The maximum absolute atomic E-state index is 9.96. The Bertz CT molecular complexity index is 337. The van der Waals surface area contributed by atoms with Crippen LogP contribution in [0, 0.1) is 0 Å². The first-order valence-electron chi connectivity index (χ1n) is 5.64. The first kappa shape index (κ1) is 11.4. The van der Waals surface area contributed by atoms with Gasteiger partial charge in [0.25, 0.3) is 0 Å². The fourth-order valence-electron chi connectivity index (χ4n) is 2.45. The van der Waals surface area contributed by atoms with Crippen LogP contribution in [-0.4, -0.2) is 32.0 Å². The summed E-state index contributed by atoms with van der Waals surface area (Å²) in [4.78, 5) is 0. The van der Waals surface area contributed by atoms with E-state index in [-0.39, 0.29) is 5.41 Å². The molecule has 88 valence electrons. The molecule has 1 aliphatic heterocycles. The van der Waals surface area contributed by atoms with Crippen molar-refractivity contribution in [2.45, 2.75) is 18.3 Å². The minimum Gasteiger partial charge on any atom is -0.508 e. The zero-order valence-electron chi connectivity index (χ0n) is 9.61. The molecule has 1 aromatic rings. The van der Waals surface area contributed by atoms with Gasteiger partial charge in [-0.2, -0.15) is 0 Å². The molecular weight excluding hydrogens is 204 g/mol. The van der Waals surface area contributed by atoms with Crippen LogP contribution in [0.25, 0.3) is 0 Å². The number of hydrogen-bond acceptors (Lipinski definition) is 3. The van der Waals surface area contributed by atoms with Gasteiger partial charge < -0.3 is 14.6 Å². The summed E-state index contributed by atoms with van der Waals surface area (Å²) < 4.78 is 10.7. The summed E-state index contributed by atoms with van der Waals surface area (Å²) in [6, 6.07) is 7.53. The Balaban J connectivity index is 2.34. The third kappa shape index (κ3) is 2.06. The van der Waals surface area contributed by atoms with Crippen molar-refractivity contribution in [2.24, 2.45) is 0 Å². The van der Waals surface area contributed by atoms with E-state index < -0.39 is 0 Å². The number of rotatable bonds is 3. The standard InChI is InChI=1S/C13H18O3/c1-15-10-13(6-8-16-9-7-13)11-4-2-3-5-12(11)14/h2-5,14H,6-10H2,1H3. The number of benzene rings is 1. The van der Waals surface area contributed by atoms with Gasteiger partial charge >= 0.3 is 0 Å². The van der Waals surface area contributed by atoms with Gasteiger partial charge in [-0.1, -0.05) is 18.2 Å². The van der Waals surface area contributed by atoms with E-state index in [1.165, 1.54) is 0 Å².